The molecule has 132 valence electrons. The first-order chi connectivity index (χ1) is 11.2. The Morgan fingerprint density at radius 2 is 1.96 bits per heavy atom. The number of carbonyl (C=O) groups is 2. The van der Waals surface area contributed by atoms with Crippen LogP contribution in [0.15, 0.2) is 24.3 Å². The largest absolute Gasteiger partial charge is 0.478 e. The van der Waals surface area contributed by atoms with Gasteiger partial charge in [-0.05, 0) is 51.3 Å². The lowest BCUT2D eigenvalue weighted by molar-refractivity contribution is 0.0220. The summed E-state index contributed by atoms with van der Waals surface area (Å²) in [6, 6.07) is 6.97. The van der Waals surface area contributed by atoms with Crippen LogP contribution in [0, 0.1) is 0 Å². The van der Waals surface area contributed by atoms with Gasteiger partial charge in [0.1, 0.15) is 5.60 Å². The van der Waals surface area contributed by atoms with Gasteiger partial charge in [-0.3, -0.25) is 0 Å². The maximum atomic E-state index is 12.2. The van der Waals surface area contributed by atoms with Gasteiger partial charge in [0.15, 0.2) is 0 Å². The number of hydrogen-bond donors (Lipinski definition) is 1. The number of carboxylic acid groups (broad SMARTS) is 1. The van der Waals surface area contributed by atoms with Gasteiger partial charge in [-0.15, -0.1) is 0 Å². The predicted molar refractivity (Wildman–Crippen MR) is 95.5 cm³/mol. The smallest absolute Gasteiger partial charge is 0.410 e. The highest BCUT2D eigenvalue weighted by molar-refractivity contribution is 7.99. The molecule has 0 aromatic heterocycles. The van der Waals surface area contributed by atoms with Crippen LogP contribution in [0.25, 0.3) is 0 Å². The molecule has 0 radical (unpaired) electrons. The second-order valence-corrected chi connectivity index (χ2v) is 8.29. The van der Waals surface area contributed by atoms with Gasteiger partial charge in [0, 0.05) is 24.1 Å². The molecule has 1 amide bonds. The van der Waals surface area contributed by atoms with Crippen molar-refractivity contribution < 1.29 is 19.4 Å². The van der Waals surface area contributed by atoms with Crippen molar-refractivity contribution in [3.8, 4) is 0 Å². The number of rotatable bonds is 4. The Labute approximate surface area is 147 Å². The fourth-order valence-corrected chi connectivity index (χ4v) is 3.76. The first-order valence-electron chi connectivity index (χ1n) is 8.16. The van der Waals surface area contributed by atoms with E-state index in [2.05, 4.69) is 0 Å². The van der Waals surface area contributed by atoms with Gasteiger partial charge < -0.3 is 14.7 Å². The van der Waals surface area contributed by atoms with Crippen molar-refractivity contribution in [2.45, 2.75) is 50.2 Å². The van der Waals surface area contributed by atoms with Crippen LogP contribution in [-0.2, 0) is 10.5 Å². The number of benzene rings is 1. The highest BCUT2D eigenvalue weighted by atomic mass is 32.2. The number of nitrogens with zero attached hydrogens (tertiary/aromatic N) is 1. The molecule has 1 N–H and O–H groups in total. The summed E-state index contributed by atoms with van der Waals surface area (Å²) >= 11 is 1.81. The highest BCUT2D eigenvalue weighted by Crippen LogP contribution is 2.26. The van der Waals surface area contributed by atoms with Crippen molar-refractivity contribution in [1.29, 1.82) is 0 Å². The lowest BCUT2D eigenvalue weighted by Gasteiger charge is -2.33. The predicted octanol–water partition coefficient (Wildman–Crippen LogP) is 4.02. The van der Waals surface area contributed by atoms with E-state index in [1.165, 1.54) is 0 Å². The number of aromatic carboxylic acids is 1. The minimum absolute atomic E-state index is 0.237. The zero-order valence-corrected chi connectivity index (χ0v) is 15.3. The third-order valence-electron chi connectivity index (χ3n) is 3.72. The first kappa shape index (κ1) is 18.6. The molecule has 1 aromatic carbocycles. The second kappa shape index (κ2) is 7.92. The molecule has 1 aliphatic rings. The van der Waals surface area contributed by atoms with E-state index >= 15 is 0 Å². The molecule has 1 saturated heterocycles. The Balaban J connectivity index is 1.84. The Hall–Kier alpha value is -1.69. The average Bonchev–Trinajstić information content (AvgIpc) is 2.52. The van der Waals surface area contributed by atoms with Crippen molar-refractivity contribution in [1.82, 2.24) is 4.90 Å². The summed E-state index contributed by atoms with van der Waals surface area (Å²) in [7, 11) is 0. The quantitative estimate of drug-likeness (QED) is 0.887. The van der Waals surface area contributed by atoms with Crippen LogP contribution in [0.4, 0.5) is 4.79 Å². The third-order valence-corrected chi connectivity index (χ3v) is 5.07. The van der Waals surface area contributed by atoms with Crippen LogP contribution in [0.2, 0.25) is 0 Å². The van der Waals surface area contributed by atoms with Crippen LogP contribution < -0.4 is 0 Å². The molecular weight excluding hydrogens is 326 g/mol. The van der Waals surface area contributed by atoms with E-state index in [9.17, 15) is 9.59 Å². The first-order valence-corrected chi connectivity index (χ1v) is 9.21. The molecule has 0 spiro atoms. The summed E-state index contributed by atoms with van der Waals surface area (Å²) in [6.07, 6.45) is 1.82. The standard InChI is InChI=1S/C18H25NO4S/c1-18(2,3)23-17(22)19-10-4-5-15(11-19)24-12-13-6-8-14(9-7-13)16(20)21/h6-9,15H,4-5,10-12H2,1-3H3,(H,20,21). The molecule has 6 heteroatoms. The fraction of sp³-hybridized carbons (Fsp3) is 0.556. The van der Waals surface area contributed by atoms with Crippen molar-refractivity contribution >= 4 is 23.8 Å². The number of amides is 1. The second-order valence-electron chi connectivity index (χ2n) is 7.00. The number of thioether (sulfide) groups is 1. The minimum Gasteiger partial charge on any atom is -0.478 e. The molecule has 0 aliphatic carbocycles. The maximum Gasteiger partial charge on any atom is 0.410 e. The van der Waals surface area contributed by atoms with E-state index < -0.39 is 11.6 Å². The van der Waals surface area contributed by atoms with E-state index in [-0.39, 0.29) is 6.09 Å². The molecule has 1 aliphatic heterocycles. The van der Waals surface area contributed by atoms with Gasteiger partial charge in [0.25, 0.3) is 0 Å². The lowest BCUT2D eigenvalue weighted by atomic mass is 10.1. The van der Waals surface area contributed by atoms with Crippen LogP contribution in [0.3, 0.4) is 0 Å². The SMILES string of the molecule is CC(C)(C)OC(=O)N1CCCC(SCc2ccc(C(=O)O)cc2)C1. The van der Waals surface area contributed by atoms with Crippen molar-refractivity contribution in [2.24, 2.45) is 0 Å². The Kier molecular flexibility index (Phi) is 6.15. The van der Waals surface area contributed by atoms with Crippen molar-refractivity contribution in [3.63, 3.8) is 0 Å². The summed E-state index contributed by atoms with van der Waals surface area (Å²) in [5.41, 5.74) is 0.931. The van der Waals surface area contributed by atoms with Gasteiger partial charge in [-0.1, -0.05) is 12.1 Å². The lowest BCUT2D eigenvalue weighted by Crippen LogP contribution is -2.43. The summed E-state index contributed by atoms with van der Waals surface area (Å²) in [5, 5.41) is 9.30. The van der Waals surface area contributed by atoms with Gasteiger partial charge in [0.05, 0.1) is 5.56 Å². The average molecular weight is 351 g/mol. The molecule has 0 saturated carbocycles. The zero-order valence-electron chi connectivity index (χ0n) is 14.4. The van der Waals surface area contributed by atoms with E-state index in [0.717, 1.165) is 30.7 Å². The zero-order chi connectivity index (χ0) is 17.7. The molecule has 1 atom stereocenters. The topological polar surface area (TPSA) is 66.8 Å². The summed E-state index contributed by atoms with van der Waals surface area (Å²) in [4.78, 5) is 24.8. The van der Waals surface area contributed by atoms with Gasteiger partial charge in [-0.2, -0.15) is 11.8 Å². The molecule has 1 aromatic rings. The Bertz CT molecular complexity index is 580. The van der Waals surface area contributed by atoms with E-state index in [1.54, 1.807) is 28.8 Å². The number of piperidine rings is 1. The molecule has 24 heavy (non-hydrogen) atoms. The van der Waals surface area contributed by atoms with Gasteiger partial charge in [0.2, 0.25) is 0 Å². The van der Waals surface area contributed by atoms with Crippen LogP contribution in [0.5, 0.6) is 0 Å². The monoisotopic (exact) mass is 351 g/mol. The summed E-state index contributed by atoms with van der Waals surface area (Å²) < 4.78 is 5.45. The Morgan fingerprint density at radius 3 is 2.54 bits per heavy atom. The molecule has 1 fully saturated rings. The number of ether oxygens (including phenoxy) is 1. The normalized spacial score (nSPS) is 18.3. The summed E-state index contributed by atoms with van der Waals surface area (Å²) in [5.74, 6) is -0.0957. The van der Waals surface area contributed by atoms with Crippen LogP contribution in [-0.4, -0.2) is 46.0 Å². The maximum absolute atomic E-state index is 12.2. The minimum atomic E-state index is -0.908. The number of hydrogen-bond acceptors (Lipinski definition) is 4. The van der Waals surface area contributed by atoms with E-state index in [4.69, 9.17) is 9.84 Å². The summed E-state index contributed by atoms with van der Waals surface area (Å²) in [6.45, 7) is 7.08. The van der Waals surface area contributed by atoms with E-state index in [0.29, 0.717) is 17.4 Å². The molecule has 2 rings (SSSR count). The van der Waals surface area contributed by atoms with Gasteiger partial charge >= 0.3 is 12.1 Å². The number of carbonyl (C=O) groups excluding carboxylic acids is 1. The highest BCUT2D eigenvalue weighted by Gasteiger charge is 2.27. The molecular formula is C18H25NO4S. The molecule has 5 nitrogen and oxygen atoms in total. The Morgan fingerprint density at radius 1 is 1.29 bits per heavy atom. The van der Waals surface area contributed by atoms with Crippen molar-refractivity contribution in [2.75, 3.05) is 13.1 Å². The third kappa shape index (κ3) is 5.74. The van der Waals surface area contributed by atoms with Crippen LogP contribution in [0.1, 0.15) is 49.5 Å². The number of carboxylic acids is 1. The molecule has 1 unspecified atom stereocenters. The van der Waals surface area contributed by atoms with Gasteiger partial charge in [-0.25, -0.2) is 9.59 Å². The molecule has 1 heterocycles. The molecule has 0 bridgehead atoms. The van der Waals surface area contributed by atoms with Crippen LogP contribution >= 0.6 is 11.8 Å². The van der Waals surface area contributed by atoms with E-state index in [1.807, 2.05) is 32.9 Å². The number of likely N-dealkylation sites (tertiary alicyclic amines) is 1. The van der Waals surface area contributed by atoms with Crippen molar-refractivity contribution in [3.05, 3.63) is 35.4 Å². The fourth-order valence-electron chi connectivity index (χ4n) is 2.52.